The van der Waals surface area contributed by atoms with Gasteiger partial charge in [-0.05, 0) is 12.8 Å². The minimum atomic E-state index is -0.165. The Hall–Kier alpha value is -0.500. The summed E-state index contributed by atoms with van der Waals surface area (Å²) in [7, 11) is 0. The van der Waals surface area contributed by atoms with E-state index in [4.69, 9.17) is 10.5 Å². The van der Waals surface area contributed by atoms with Gasteiger partial charge in [0.05, 0.1) is 6.26 Å². The van der Waals surface area contributed by atoms with Crippen molar-refractivity contribution in [3.63, 3.8) is 0 Å². The molecule has 0 atom stereocenters. The highest BCUT2D eigenvalue weighted by atomic mass is 16.5. The molecule has 2 N–H and O–H groups in total. The lowest BCUT2D eigenvalue weighted by atomic mass is 9.98. The normalized spacial score (nSPS) is 11.1. The van der Waals surface area contributed by atoms with Crippen LogP contribution in [-0.2, 0) is 4.74 Å². The zero-order chi connectivity index (χ0) is 8.04. The third-order valence-electron chi connectivity index (χ3n) is 1.99. The highest BCUT2D eigenvalue weighted by molar-refractivity contribution is 4.80. The maximum Gasteiger partial charge on any atom is 0.120 e. The molecule has 0 rings (SSSR count). The first-order valence-corrected chi connectivity index (χ1v) is 3.73. The van der Waals surface area contributed by atoms with Crippen LogP contribution in [0, 0.1) is 0 Å². The van der Waals surface area contributed by atoms with Gasteiger partial charge in [-0.1, -0.05) is 20.4 Å². The van der Waals surface area contributed by atoms with E-state index in [-0.39, 0.29) is 5.60 Å². The summed E-state index contributed by atoms with van der Waals surface area (Å²) in [4.78, 5) is 0. The van der Waals surface area contributed by atoms with Gasteiger partial charge in [0.25, 0.3) is 0 Å². The van der Waals surface area contributed by atoms with Crippen LogP contribution in [0.4, 0.5) is 0 Å². The molecular weight excluding hydrogens is 126 g/mol. The zero-order valence-electron chi connectivity index (χ0n) is 6.89. The van der Waals surface area contributed by atoms with Crippen LogP contribution in [0.2, 0.25) is 0 Å². The lowest BCUT2D eigenvalue weighted by Gasteiger charge is -2.28. The monoisotopic (exact) mass is 143 g/mol. The third kappa shape index (κ3) is 2.03. The maximum absolute atomic E-state index is 5.54. The van der Waals surface area contributed by atoms with Crippen molar-refractivity contribution in [3.8, 4) is 0 Å². The van der Waals surface area contributed by atoms with Crippen molar-refractivity contribution in [3.05, 3.63) is 12.8 Å². The number of rotatable bonds is 5. The van der Waals surface area contributed by atoms with E-state index in [1.165, 1.54) is 6.26 Å². The van der Waals surface area contributed by atoms with E-state index < -0.39 is 0 Å². The van der Waals surface area contributed by atoms with E-state index in [1.54, 1.807) is 0 Å². The topological polar surface area (TPSA) is 35.2 Å². The second-order valence-electron chi connectivity index (χ2n) is 2.38. The van der Waals surface area contributed by atoms with Gasteiger partial charge in [0, 0.05) is 6.54 Å². The minimum absolute atomic E-state index is 0.165. The fraction of sp³-hybridized carbons (Fsp3) is 0.750. The molecule has 0 fully saturated rings. The molecular formula is C8H17NO. The van der Waals surface area contributed by atoms with Crippen LogP contribution in [0.25, 0.3) is 0 Å². The van der Waals surface area contributed by atoms with Crippen molar-refractivity contribution < 1.29 is 4.74 Å². The minimum Gasteiger partial charge on any atom is -0.494 e. The zero-order valence-corrected chi connectivity index (χ0v) is 6.89. The van der Waals surface area contributed by atoms with Gasteiger partial charge in [-0.2, -0.15) is 0 Å². The Morgan fingerprint density at radius 3 is 2.10 bits per heavy atom. The van der Waals surface area contributed by atoms with Gasteiger partial charge >= 0.3 is 0 Å². The molecule has 0 unspecified atom stereocenters. The fourth-order valence-electron chi connectivity index (χ4n) is 0.930. The van der Waals surface area contributed by atoms with Gasteiger partial charge in [0.1, 0.15) is 5.60 Å². The van der Waals surface area contributed by atoms with E-state index in [1.807, 2.05) is 0 Å². The Morgan fingerprint density at radius 1 is 1.50 bits per heavy atom. The second-order valence-corrected chi connectivity index (χ2v) is 2.38. The molecule has 0 aliphatic heterocycles. The van der Waals surface area contributed by atoms with Crippen molar-refractivity contribution in [2.24, 2.45) is 5.73 Å². The molecule has 60 valence electrons. The molecule has 2 heteroatoms. The number of ether oxygens (including phenoxy) is 1. The van der Waals surface area contributed by atoms with Crippen molar-refractivity contribution in [1.29, 1.82) is 0 Å². The van der Waals surface area contributed by atoms with Gasteiger partial charge in [-0.15, -0.1) is 0 Å². The molecule has 0 aromatic heterocycles. The lowest BCUT2D eigenvalue weighted by molar-refractivity contribution is 0.0232. The molecule has 0 aromatic rings. The summed E-state index contributed by atoms with van der Waals surface area (Å²) in [6, 6.07) is 0. The fourth-order valence-corrected chi connectivity index (χ4v) is 0.930. The largest absolute Gasteiger partial charge is 0.494 e. The first-order chi connectivity index (χ1) is 4.74. The molecule has 0 saturated carbocycles. The van der Waals surface area contributed by atoms with Crippen molar-refractivity contribution in [1.82, 2.24) is 0 Å². The highest BCUT2D eigenvalue weighted by Gasteiger charge is 2.24. The summed E-state index contributed by atoms with van der Waals surface area (Å²) in [5.74, 6) is 0. The van der Waals surface area contributed by atoms with Crippen molar-refractivity contribution in [2.75, 3.05) is 6.54 Å². The molecule has 2 nitrogen and oxygen atoms in total. The Kier molecular flexibility index (Phi) is 4.12. The Bertz CT molecular complexity index is 89.2. The van der Waals surface area contributed by atoms with Crippen LogP contribution in [0.1, 0.15) is 26.7 Å². The average Bonchev–Trinajstić information content (AvgIpc) is 2.01. The molecule has 0 aliphatic rings. The molecule has 0 heterocycles. The molecule has 0 radical (unpaired) electrons. The lowest BCUT2D eigenvalue weighted by Crippen LogP contribution is -2.37. The number of nitrogens with two attached hydrogens (primary N) is 1. The van der Waals surface area contributed by atoms with Crippen LogP contribution < -0.4 is 5.73 Å². The van der Waals surface area contributed by atoms with Crippen LogP contribution >= 0.6 is 0 Å². The van der Waals surface area contributed by atoms with Gasteiger partial charge in [0.15, 0.2) is 0 Å². The summed E-state index contributed by atoms with van der Waals surface area (Å²) in [6.07, 6.45) is 3.35. The smallest absolute Gasteiger partial charge is 0.120 e. The SMILES string of the molecule is C=COC(CC)(CC)CN. The Balaban J connectivity index is 4.00. The molecule has 0 aromatic carbocycles. The predicted molar refractivity (Wildman–Crippen MR) is 43.6 cm³/mol. The molecule has 0 aliphatic carbocycles. The van der Waals surface area contributed by atoms with Crippen LogP contribution in [0.5, 0.6) is 0 Å². The van der Waals surface area contributed by atoms with Gasteiger partial charge in [-0.3, -0.25) is 0 Å². The molecule has 0 spiro atoms. The average molecular weight is 143 g/mol. The van der Waals surface area contributed by atoms with E-state index in [9.17, 15) is 0 Å². The summed E-state index contributed by atoms with van der Waals surface area (Å²) in [6.45, 7) is 8.21. The number of hydrogen-bond donors (Lipinski definition) is 1. The van der Waals surface area contributed by atoms with Gasteiger partial charge in [0.2, 0.25) is 0 Å². The maximum atomic E-state index is 5.54. The molecule has 0 bridgehead atoms. The van der Waals surface area contributed by atoms with Gasteiger partial charge in [-0.25, -0.2) is 0 Å². The first kappa shape index (κ1) is 9.50. The van der Waals surface area contributed by atoms with E-state index >= 15 is 0 Å². The molecule has 0 amide bonds. The van der Waals surface area contributed by atoms with Gasteiger partial charge < -0.3 is 10.5 Å². The molecule has 0 saturated heterocycles. The first-order valence-electron chi connectivity index (χ1n) is 3.73. The second kappa shape index (κ2) is 4.34. The summed E-state index contributed by atoms with van der Waals surface area (Å²) in [5.41, 5.74) is 5.38. The molecule has 10 heavy (non-hydrogen) atoms. The van der Waals surface area contributed by atoms with Crippen molar-refractivity contribution >= 4 is 0 Å². The standard InChI is InChI=1S/C8H17NO/c1-4-8(5-2,7-9)10-6-3/h6H,3-5,7,9H2,1-2H3. The highest BCUT2D eigenvalue weighted by Crippen LogP contribution is 2.18. The summed E-state index contributed by atoms with van der Waals surface area (Å²) < 4.78 is 5.32. The quantitative estimate of drug-likeness (QED) is 0.594. The number of hydrogen-bond acceptors (Lipinski definition) is 2. The Morgan fingerprint density at radius 2 is 2.00 bits per heavy atom. The summed E-state index contributed by atoms with van der Waals surface area (Å²) in [5, 5.41) is 0. The Labute approximate surface area is 63.1 Å². The van der Waals surface area contributed by atoms with Crippen LogP contribution in [-0.4, -0.2) is 12.1 Å². The van der Waals surface area contributed by atoms with Crippen LogP contribution in [0.15, 0.2) is 12.8 Å². The van der Waals surface area contributed by atoms with E-state index in [0.717, 1.165) is 12.8 Å². The van der Waals surface area contributed by atoms with E-state index in [2.05, 4.69) is 20.4 Å². The van der Waals surface area contributed by atoms with Crippen LogP contribution in [0.3, 0.4) is 0 Å². The third-order valence-corrected chi connectivity index (χ3v) is 1.99. The van der Waals surface area contributed by atoms with Crippen molar-refractivity contribution in [2.45, 2.75) is 32.3 Å². The predicted octanol–water partition coefficient (Wildman–Crippen LogP) is 1.66. The summed E-state index contributed by atoms with van der Waals surface area (Å²) >= 11 is 0. The van der Waals surface area contributed by atoms with E-state index in [0.29, 0.717) is 6.54 Å².